The van der Waals surface area contributed by atoms with Crippen LogP contribution in [0, 0.1) is 5.92 Å². The molecule has 0 aromatic carbocycles. The first-order chi connectivity index (χ1) is 9.69. The van der Waals surface area contributed by atoms with Gasteiger partial charge < -0.3 is 5.32 Å². The molecule has 116 valence electrons. The number of hydrogen-bond donors (Lipinski definition) is 1. The minimum atomic E-state index is 0.480. The summed E-state index contributed by atoms with van der Waals surface area (Å²) in [5.74, 6) is 0.825. The van der Waals surface area contributed by atoms with Crippen LogP contribution >= 0.6 is 0 Å². The smallest absolute Gasteiger partial charge is 0.0309 e. The van der Waals surface area contributed by atoms with Crippen LogP contribution in [0.5, 0.6) is 0 Å². The highest BCUT2D eigenvalue weighted by Crippen LogP contribution is 2.36. The molecule has 2 nitrogen and oxygen atoms in total. The zero-order chi connectivity index (χ0) is 14.0. The highest BCUT2D eigenvalue weighted by atomic mass is 15.3. The summed E-state index contributed by atoms with van der Waals surface area (Å²) in [5.41, 5.74) is 0.480. The Morgan fingerprint density at radius 3 is 2.40 bits per heavy atom. The van der Waals surface area contributed by atoms with Gasteiger partial charge in [-0.25, -0.2) is 0 Å². The van der Waals surface area contributed by atoms with E-state index < -0.39 is 0 Å². The van der Waals surface area contributed by atoms with Crippen LogP contribution in [0.1, 0.15) is 78.1 Å². The summed E-state index contributed by atoms with van der Waals surface area (Å²) >= 11 is 0. The molecule has 0 bridgehead atoms. The molecule has 1 spiro atoms. The Hall–Kier alpha value is -0.0800. The fourth-order valence-corrected chi connectivity index (χ4v) is 4.98. The molecule has 2 saturated carbocycles. The molecule has 1 unspecified atom stereocenters. The molecule has 1 atom stereocenters. The summed E-state index contributed by atoms with van der Waals surface area (Å²) < 4.78 is 0. The first-order valence-electron chi connectivity index (χ1n) is 9.19. The van der Waals surface area contributed by atoms with E-state index in [4.69, 9.17) is 0 Å². The van der Waals surface area contributed by atoms with Gasteiger partial charge in [0.05, 0.1) is 0 Å². The molecular formula is C18H34N2. The maximum atomic E-state index is 4.00. The van der Waals surface area contributed by atoms with Crippen LogP contribution in [0.15, 0.2) is 0 Å². The third-order valence-electron chi connectivity index (χ3n) is 6.01. The van der Waals surface area contributed by atoms with E-state index in [0.717, 1.165) is 18.0 Å². The lowest BCUT2D eigenvalue weighted by atomic mass is 9.78. The maximum absolute atomic E-state index is 4.00. The maximum Gasteiger partial charge on any atom is 0.0309 e. The van der Waals surface area contributed by atoms with E-state index >= 15 is 0 Å². The van der Waals surface area contributed by atoms with E-state index in [0.29, 0.717) is 5.54 Å². The van der Waals surface area contributed by atoms with E-state index in [1.165, 1.54) is 77.3 Å². The van der Waals surface area contributed by atoms with Gasteiger partial charge in [0.1, 0.15) is 0 Å². The summed E-state index contributed by atoms with van der Waals surface area (Å²) in [6.45, 7) is 7.36. The van der Waals surface area contributed by atoms with Crippen LogP contribution in [0.25, 0.3) is 0 Å². The van der Waals surface area contributed by atoms with Gasteiger partial charge in [0.25, 0.3) is 0 Å². The van der Waals surface area contributed by atoms with Crippen molar-refractivity contribution in [1.29, 1.82) is 0 Å². The SMILES string of the molecule is CC(C)CC1CNC2(CCCCC2)CN1C1CCCC1. The Balaban J connectivity index is 1.70. The van der Waals surface area contributed by atoms with Crippen LogP contribution in [0.4, 0.5) is 0 Å². The van der Waals surface area contributed by atoms with Gasteiger partial charge in [-0.2, -0.15) is 0 Å². The third kappa shape index (κ3) is 3.22. The first kappa shape index (κ1) is 14.8. The molecular weight excluding hydrogens is 244 g/mol. The average Bonchev–Trinajstić information content (AvgIpc) is 2.96. The third-order valence-corrected chi connectivity index (χ3v) is 6.01. The average molecular weight is 278 g/mol. The molecule has 0 radical (unpaired) electrons. The quantitative estimate of drug-likeness (QED) is 0.841. The minimum Gasteiger partial charge on any atom is -0.308 e. The van der Waals surface area contributed by atoms with E-state index in [-0.39, 0.29) is 0 Å². The van der Waals surface area contributed by atoms with Gasteiger partial charge in [-0.15, -0.1) is 0 Å². The van der Waals surface area contributed by atoms with E-state index in [1.807, 2.05) is 0 Å². The molecule has 0 aromatic heterocycles. The largest absolute Gasteiger partial charge is 0.308 e. The number of nitrogens with zero attached hydrogens (tertiary/aromatic N) is 1. The minimum absolute atomic E-state index is 0.480. The normalized spacial score (nSPS) is 32.2. The van der Waals surface area contributed by atoms with Gasteiger partial charge >= 0.3 is 0 Å². The highest BCUT2D eigenvalue weighted by Gasteiger charge is 2.42. The lowest BCUT2D eigenvalue weighted by Gasteiger charge is -2.52. The predicted octanol–water partition coefficient (Wildman–Crippen LogP) is 3.95. The summed E-state index contributed by atoms with van der Waals surface area (Å²) in [6, 6.07) is 1.70. The van der Waals surface area contributed by atoms with Crippen LogP contribution in [-0.2, 0) is 0 Å². The fraction of sp³-hybridized carbons (Fsp3) is 1.00. The molecule has 3 rings (SSSR count). The van der Waals surface area contributed by atoms with Crippen molar-refractivity contribution in [3.05, 3.63) is 0 Å². The standard InChI is InChI=1S/C18H34N2/c1-15(2)12-17-13-19-18(10-6-3-7-11-18)14-20(17)16-8-4-5-9-16/h15-17,19H,3-14H2,1-2H3. The second-order valence-electron chi connectivity index (χ2n) is 8.12. The van der Waals surface area contributed by atoms with Crippen LogP contribution in [-0.4, -0.2) is 35.6 Å². The Bertz CT molecular complexity index is 301. The second-order valence-corrected chi connectivity index (χ2v) is 8.12. The fourth-order valence-electron chi connectivity index (χ4n) is 4.98. The van der Waals surface area contributed by atoms with Crippen molar-refractivity contribution in [2.45, 2.75) is 95.7 Å². The molecule has 20 heavy (non-hydrogen) atoms. The number of rotatable bonds is 3. The van der Waals surface area contributed by atoms with Crippen LogP contribution in [0.2, 0.25) is 0 Å². The van der Waals surface area contributed by atoms with Gasteiger partial charge in [-0.3, -0.25) is 4.90 Å². The lowest BCUT2D eigenvalue weighted by molar-refractivity contribution is 0.0178. The molecule has 1 saturated heterocycles. The van der Waals surface area contributed by atoms with Crippen molar-refractivity contribution in [2.75, 3.05) is 13.1 Å². The molecule has 0 amide bonds. The van der Waals surface area contributed by atoms with Crippen molar-refractivity contribution in [3.8, 4) is 0 Å². The van der Waals surface area contributed by atoms with Gasteiger partial charge in [-0.1, -0.05) is 46.0 Å². The van der Waals surface area contributed by atoms with Crippen LogP contribution < -0.4 is 5.32 Å². The van der Waals surface area contributed by atoms with Gasteiger partial charge in [0, 0.05) is 30.7 Å². The van der Waals surface area contributed by atoms with Gasteiger partial charge in [0.2, 0.25) is 0 Å². The second kappa shape index (κ2) is 6.36. The topological polar surface area (TPSA) is 15.3 Å². The zero-order valence-corrected chi connectivity index (χ0v) is 13.7. The Morgan fingerprint density at radius 2 is 1.75 bits per heavy atom. The number of hydrogen-bond acceptors (Lipinski definition) is 2. The molecule has 1 heterocycles. The zero-order valence-electron chi connectivity index (χ0n) is 13.7. The van der Waals surface area contributed by atoms with E-state index in [1.54, 1.807) is 0 Å². The molecule has 3 aliphatic rings. The van der Waals surface area contributed by atoms with E-state index in [2.05, 4.69) is 24.1 Å². The van der Waals surface area contributed by atoms with Crippen molar-refractivity contribution in [2.24, 2.45) is 5.92 Å². The Kier molecular flexibility index (Phi) is 4.72. The molecule has 3 fully saturated rings. The summed E-state index contributed by atoms with van der Waals surface area (Å²) in [7, 11) is 0. The number of nitrogens with one attached hydrogen (secondary N) is 1. The van der Waals surface area contributed by atoms with Crippen molar-refractivity contribution < 1.29 is 0 Å². The van der Waals surface area contributed by atoms with E-state index in [9.17, 15) is 0 Å². The van der Waals surface area contributed by atoms with Gasteiger partial charge in [0.15, 0.2) is 0 Å². The van der Waals surface area contributed by atoms with Crippen molar-refractivity contribution in [3.63, 3.8) is 0 Å². The Morgan fingerprint density at radius 1 is 1.05 bits per heavy atom. The first-order valence-corrected chi connectivity index (χ1v) is 9.19. The number of piperazine rings is 1. The monoisotopic (exact) mass is 278 g/mol. The van der Waals surface area contributed by atoms with Crippen molar-refractivity contribution >= 4 is 0 Å². The summed E-state index contributed by atoms with van der Waals surface area (Å²) in [6.07, 6.45) is 14.4. The highest BCUT2D eigenvalue weighted by molar-refractivity contribution is 5.02. The lowest BCUT2D eigenvalue weighted by Crippen LogP contribution is -2.66. The van der Waals surface area contributed by atoms with Crippen LogP contribution in [0.3, 0.4) is 0 Å². The predicted molar refractivity (Wildman–Crippen MR) is 86.0 cm³/mol. The summed E-state index contributed by atoms with van der Waals surface area (Å²) in [5, 5.41) is 4.00. The molecule has 1 N–H and O–H groups in total. The van der Waals surface area contributed by atoms with Crippen molar-refractivity contribution in [1.82, 2.24) is 10.2 Å². The van der Waals surface area contributed by atoms with Gasteiger partial charge in [-0.05, 0) is 38.0 Å². The molecule has 2 aliphatic carbocycles. The molecule has 2 heteroatoms. The molecule has 1 aliphatic heterocycles. The summed E-state index contributed by atoms with van der Waals surface area (Å²) in [4.78, 5) is 2.95. The molecule has 0 aromatic rings. The Labute approximate surface area is 125 Å².